The van der Waals surface area contributed by atoms with Gasteiger partial charge >= 0.3 is 0 Å². The molecule has 36 heavy (non-hydrogen) atoms. The normalized spacial score (nSPS) is 14.2. The highest BCUT2D eigenvalue weighted by molar-refractivity contribution is 6.08. The van der Waals surface area contributed by atoms with E-state index in [1.165, 1.54) is 5.56 Å². The molecule has 0 radical (unpaired) electrons. The summed E-state index contributed by atoms with van der Waals surface area (Å²) in [6.07, 6.45) is 3.24. The third-order valence-corrected chi connectivity index (χ3v) is 7.55. The topological polar surface area (TPSA) is 48.0 Å². The number of carbonyl (C=O) groups is 1. The summed E-state index contributed by atoms with van der Waals surface area (Å²) in [4.78, 5) is 15.5. The number of amides is 1. The Labute approximate surface area is 211 Å². The standard InChI is InChI=1S/C30H32FNO4/c1-6-20-17(2)14-25-22(28(20)23-16-24(31)29-21(18(23)3)8-7-13-36-29)11-12-32(25)30(33)19-9-10-26(34-4)27(15-19)35-5/h9-10,14-16H,6-8,11-13H2,1-5H3. The van der Waals surface area contributed by atoms with Gasteiger partial charge < -0.3 is 19.1 Å². The van der Waals surface area contributed by atoms with Gasteiger partial charge in [-0.1, -0.05) is 6.92 Å². The molecule has 0 fully saturated rings. The Bertz CT molecular complexity index is 1360. The average molecular weight is 490 g/mol. The molecule has 5 nitrogen and oxygen atoms in total. The fraction of sp³-hybridized carbons (Fsp3) is 0.367. The first-order valence-corrected chi connectivity index (χ1v) is 12.5. The van der Waals surface area contributed by atoms with Crippen molar-refractivity contribution in [2.75, 3.05) is 32.3 Å². The average Bonchev–Trinajstić information content (AvgIpc) is 3.32. The van der Waals surface area contributed by atoms with E-state index < -0.39 is 0 Å². The molecule has 0 aromatic heterocycles. The van der Waals surface area contributed by atoms with Gasteiger partial charge in [0.25, 0.3) is 5.91 Å². The third-order valence-electron chi connectivity index (χ3n) is 7.55. The van der Waals surface area contributed by atoms with E-state index in [1.54, 1.807) is 38.5 Å². The van der Waals surface area contributed by atoms with Gasteiger partial charge in [-0.2, -0.15) is 0 Å². The predicted octanol–water partition coefficient (Wildman–Crippen LogP) is 6.22. The molecule has 3 aromatic rings. The molecule has 2 heterocycles. The number of hydrogen-bond acceptors (Lipinski definition) is 4. The van der Waals surface area contributed by atoms with Gasteiger partial charge in [-0.15, -0.1) is 0 Å². The van der Waals surface area contributed by atoms with Crippen LogP contribution in [0.2, 0.25) is 0 Å². The Morgan fingerprint density at radius 1 is 1.06 bits per heavy atom. The van der Waals surface area contributed by atoms with Crippen LogP contribution in [0.25, 0.3) is 11.1 Å². The van der Waals surface area contributed by atoms with Crippen LogP contribution in [0.1, 0.15) is 51.5 Å². The van der Waals surface area contributed by atoms with Gasteiger partial charge in [0.15, 0.2) is 23.1 Å². The summed E-state index contributed by atoms with van der Waals surface area (Å²) in [5.74, 6) is 1.10. The minimum Gasteiger partial charge on any atom is -0.493 e. The smallest absolute Gasteiger partial charge is 0.258 e. The maximum atomic E-state index is 15.2. The molecule has 0 bridgehead atoms. The van der Waals surface area contributed by atoms with Crippen molar-refractivity contribution in [3.8, 4) is 28.4 Å². The summed E-state index contributed by atoms with van der Waals surface area (Å²) in [5, 5.41) is 0. The van der Waals surface area contributed by atoms with Crippen molar-refractivity contribution in [3.05, 3.63) is 69.5 Å². The van der Waals surface area contributed by atoms with Crippen LogP contribution in [0.4, 0.5) is 10.1 Å². The predicted molar refractivity (Wildman–Crippen MR) is 139 cm³/mol. The Balaban J connectivity index is 1.64. The van der Waals surface area contributed by atoms with E-state index in [0.717, 1.165) is 58.3 Å². The molecule has 0 atom stereocenters. The number of halogens is 1. The zero-order valence-electron chi connectivity index (χ0n) is 21.6. The molecule has 1 amide bonds. The first-order valence-electron chi connectivity index (χ1n) is 12.5. The molecular weight excluding hydrogens is 457 g/mol. The fourth-order valence-electron chi connectivity index (χ4n) is 5.76. The molecule has 2 aliphatic rings. The first kappa shape index (κ1) is 24.2. The van der Waals surface area contributed by atoms with E-state index in [-0.39, 0.29) is 11.7 Å². The van der Waals surface area contributed by atoms with Gasteiger partial charge in [-0.3, -0.25) is 4.79 Å². The van der Waals surface area contributed by atoms with Gasteiger partial charge in [-0.05, 0) is 103 Å². The highest BCUT2D eigenvalue weighted by Crippen LogP contribution is 2.45. The first-order chi connectivity index (χ1) is 17.4. The van der Waals surface area contributed by atoms with Gasteiger partial charge in [0.1, 0.15) is 0 Å². The molecular formula is C30H32FNO4. The van der Waals surface area contributed by atoms with Crippen molar-refractivity contribution in [3.63, 3.8) is 0 Å². The lowest BCUT2D eigenvalue weighted by Gasteiger charge is -2.25. The summed E-state index contributed by atoms with van der Waals surface area (Å²) >= 11 is 0. The van der Waals surface area contributed by atoms with Crippen molar-refractivity contribution in [2.45, 2.75) is 46.5 Å². The van der Waals surface area contributed by atoms with Crippen molar-refractivity contribution in [2.24, 2.45) is 0 Å². The van der Waals surface area contributed by atoms with Crippen molar-refractivity contribution in [1.29, 1.82) is 0 Å². The Kier molecular flexibility index (Phi) is 6.37. The zero-order valence-corrected chi connectivity index (χ0v) is 21.6. The van der Waals surface area contributed by atoms with E-state index in [0.29, 0.717) is 42.4 Å². The molecule has 5 rings (SSSR count). The molecule has 0 unspecified atom stereocenters. The number of methoxy groups -OCH3 is 2. The Morgan fingerprint density at radius 2 is 1.83 bits per heavy atom. The number of rotatable bonds is 5. The molecule has 0 N–H and O–H groups in total. The van der Waals surface area contributed by atoms with Crippen LogP contribution < -0.4 is 19.1 Å². The van der Waals surface area contributed by atoms with Gasteiger partial charge in [0.05, 0.1) is 20.8 Å². The minimum absolute atomic E-state index is 0.0916. The fourth-order valence-corrected chi connectivity index (χ4v) is 5.76. The van der Waals surface area contributed by atoms with E-state index in [2.05, 4.69) is 26.8 Å². The van der Waals surface area contributed by atoms with Gasteiger partial charge in [0, 0.05) is 23.4 Å². The second-order valence-electron chi connectivity index (χ2n) is 9.47. The van der Waals surface area contributed by atoms with Crippen molar-refractivity contribution < 1.29 is 23.4 Å². The highest BCUT2D eigenvalue weighted by Gasteiger charge is 2.32. The van der Waals surface area contributed by atoms with Crippen LogP contribution in [0, 0.1) is 19.7 Å². The molecule has 188 valence electrons. The van der Waals surface area contributed by atoms with Crippen LogP contribution in [0.3, 0.4) is 0 Å². The Morgan fingerprint density at radius 3 is 2.56 bits per heavy atom. The SMILES string of the molecule is CCc1c(C)cc2c(c1-c1cc(F)c3c(c1C)CCCO3)CCN2C(=O)c1ccc(OC)c(OC)c1. The summed E-state index contributed by atoms with van der Waals surface area (Å²) < 4.78 is 31.7. The highest BCUT2D eigenvalue weighted by atomic mass is 19.1. The number of nitrogens with zero attached hydrogens (tertiary/aromatic N) is 1. The number of benzene rings is 3. The van der Waals surface area contributed by atoms with Gasteiger partial charge in [-0.25, -0.2) is 4.39 Å². The number of fused-ring (bicyclic) bond motifs is 2. The number of aryl methyl sites for hydroxylation is 1. The van der Waals surface area contributed by atoms with Gasteiger partial charge in [0.2, 0.25) is 0 Å². The van der Waals surface area contributed by atoms with E-state index >= 15 is 4.39 Å². The second-order valence-corrected chi connectivity index (χ2v) is 9.47. The molecule has 3 aromatic carbocycles. The summed E-state index contributed by atoms with van der Waals surface area (Å²) in [7, 11) is 3.13. The van der Waals surface area contributed by atoms with Crippen molar-refractivity contribution >= 4 is 11.6 Å². The van der Waals surface area contributed by atoms with Crippen LogP contribution in [0.15, 0.2) is 30.3 Å². The lowest BCUT2D eigenvalue weighted by Crippen LogP contribution is -2.29. The quantitative estimate of drug-likeness (QED) is 0.427. The summed E-state index contributed by atoms with van der Waals surface area (Å²) in [5.41, 5.74) is 8.85. The number of anilines is 1. The minimum atomic E-state index is -0.307. The lowest BCUT2D eigenvalue weighted by atomic mass is 9.84. The van der Waals surface area contributed by atoms with Crippen LogP contribution in [-0.2, 0) is 19.3 Å². The number of carbonyl (C=O) groups excluding carboxylic acids is 1. The summed E-state index contributed by atoms with van der Waals surface area (Å²) in [6, 6.07) is 8.97. The number of ether oxygens (including phenoxy) is 3. The monoisotopic (exact) mass is 489 g/mol. The van der Waals surface area contributed by atoms with Crippen molar-refractivity contribution in [1.82, 2.24) is 0 Å². The third kappa shape index (κ3) is 3.80. The van der Waals surface area contributed by atoms with Crippen LogP contribution in [-0.4, -0.2) is 33.3 Å². The maximum Gasteiger partial charge on any atom is 0.258 e. The largest absolute Gasteiger partial charge is 0.493 e. The van der Waals surface area contributed by atoms with E-state index in [1.807, 2.05) is 4.90 Å². The number of hydrogen-bond donors (Lipinski definition) is 0. The molecule has 0 spiro atoms. The van der Waals surface area contributed by atoms with E-state index in [4.69, 9.17) is 14.2 Å². The second kappa shape index (κ2) is 9.49. The van der Waals surface area contributed by atoms with Crippen LogP contribution >= 0.6 is 0 Å². The Hall–Kier alpha value is -3.54. The van der Waals surface area contributed by atoms with Crippen LogP contribution in [0.5, 0.6) is 17.2 Å². The molecule has 6 heteroatoms. The van der Waals surface area contributed by atoms with E-state index in [9.17, 15) is 4.79 Å². The molecule has 0 saturated heterocycles. The molecule has 0 aliphatic carbocycles. The lowest BCUT2D eigenvalue weighted by molar-refractivity contribution is 0.0989. The zero-order chi connectivity index (χ0) is 25.6. The molecule has 2 aliphatic heterocycles. The summed E-state index contributed by atoms with van der Waals surface area (Å²) in [6.45, 7) is 7.39. The maximum absolute atomic E-state index is 15.2. The molecule has 0 saturated carbocycles.